The monoisotopic (exact) mass is 334 g/mol. The maximum atomic E-state index is 8.87. The Morgan fingerprint density at radius 1 is 1.32 bits per heavy atom. The van der Waals surface area contributed by atoms with Gasteiger partial charge < -0.3 is 0 Å². The van der Waals surface area contributed by atoms with Crippen molar-refractivity contribution in [1.29, 1.82) is 5.26 Å². The summed E-state index contributed by atoms with van der Waals surface area (Å²) in [4.78, 5) is 3.63. The normalized spacial score (nSPS) is 10.7. The van der Waals surface area contributed by atoms with Crippen LogP contribution < -0.4 is 0 Å². The molecule has 0 saturated carbocycles. The van der Waals surface area contributed by atoms with Crippen molar-refractivity contribution in [2.45, 2.75) is 20.0 Å². The van der Waals surface area contributed by atoms with Crippen molar-refractivity contribution < 1.29 is 0 Å². The van der Waals surface area contributed by atoms with Crippen LogP contribution in [0.2, 0.25) is 0 Å². The summed E-state index contributed by atoms with van der Waals surface area (Å²) < 4.78 is 1.15. The summed E-state index contributed by atoms with van der Waals surface area (Å²) in [5, 5.41) is 11.0. The number of nitriles is 1. The lowest BCUT2D eigenvalue weighted by molar-refractivity contribution is 0.321. The molecule has 0 amide bonds. The maximum absolute atomic E-state index is 8.87. The third-order valence-corrected chi connectivity index (χ3v) is 4.64. The molecule has 0 N–H and O–H groups in total. The molecule has 4 heteroatoms. The van der Waals surface area contributed by atoms with Gasteiger partial charge in [0.1, 0.15) is 0 Å². The quantitative estimate of drug-likeness (QED) is 0.832. The molecule has 98 valence electrons. The summed E-state index contributed by atoms with van der Waals surface area (Å²) in [5.41, 5.74) is 3.18. The molecule has 1 heterocycles. The molecule has 0 aliphatic heterocycles. The van der Waals surface area contributed by atoms with E-state index in [2.05, 4.69) is 58.4 Å². The molecule has 2 nitrogen and oxygen atoms in total. The predicted molar refractivity (Wildman–Crippen MR) is 83.1 cm³/mol. The molecule has 2 rings (SSSR count). The van der Waals surface area contributed by atoms with E-state index in [0.29, 0.717) is 0 Å². The molecule has 0 bridgehead atoms. The molecule has 0 atom stereocenters. The first-order chi connectivity index (χ1) is 9.08. The number of rotatable bonds is 4. The molecule has 0 fully saturated rings. The first kappa shape index (κ1) is 14.3. The van der Waals surface area contributed by atoms with E-state index in [1.807, 2.05) is 12.1 Å². The van der Waals surface area contributed by atoms with Gasteiger partial charge in [0.25, 0.3) is 0 Å². The van der Waals surface area contributed by atoms with Crippen molar-refractivity contribution in [2.24, 2.45) is 0 Å². The van der Waals surface area contributed by atoms with E-state index in [-0.39, 0.29) is 0 Å². The summed E-state index contributed by atoms with van der Waals surface area (Å²) in [6, 6.07) is 10.2. The number of thiophene rings is 1. The highest BCUT2D eigenvalue weighted by Gasteiger charge is 2.06. The van der Waals surface area contributed by atoms with Crippen molar-refractivity contribution in [3.8, 4) is 6.07 Å². The number of aryl methyl sites for hydroxylation is 1. The molecule has 0 aliphatic rings. The van der Waals surface area contributed by atoms with Gasteiger partial charge in [-0.2, -0.15) is 5.26 Å². The van der Waals surface area contributed by atoms with Gasteiger partial charge in [0.15, 0.2) is 0 Å². The van der Waals surface area contributed by atoms with Gasteiger partial charge in [-0.3, -0.25) is 4.90 Å². The minimum absolute atomic E-state index is 0.728. The van der Waals surface area contributed by atoms with Crippen LogP contribution in [0.4, 0.5) is 0 Å². The van der Waals surface area contributed by atoms with Gasteiger partial charge in [-0.15, -0.1) is 11.3 Å². The van der Waals surface area contributed by atoms with Gasteiger partial charge in [0, 0.05) is 27.8 Å². The standard InChI is InChI=1S/C15H15BrN2S/c1-11-5-12(7-17)3-4-13(11)8-18(2)9-15-6-14(16)10-19-15/h3-6,10H,8-9H2,1-2H3. The molecule has 1 aromatic carbocycles. The lowest BCUT2D eigenvalue weighted by Crippen LogP contribution is -2.17. The largest absolute Gasteiger partial charge is 0.297 e. The number of nitrogens with zero attached hydrogens (tertiary/aromatic N) is 2. The zero-order valence-corrected chi connectivity index (χ0v) is 13.4. The second-order valence-corrected chi connectivity index (χ2v) is 6.57. The third-order valence-electron chi connectivity index (χ3n) is 2.96. The van der Waals surface area contributed by atoms with Crippen LogP contribution >= 0.6 is 27.3 Å². The van der Waals surface area contributed by atoms with Crippen LogP contribution in [0.25, 0.3) is 0 Å². The Kier molecular flexibility index (Phi) is 4.76. The Morgan fingerprint density at radius 2 is 2.11 bits per heavy atom. The van der Waals surface area contributed by atoms with Crippen molar-refractivity contribution in [3.05, 3.63) is 55.7 Å². The smallest absolute Gasteiger partial charge is 0.0991 e. The molecule has 0 spiro atoms. The van der Waals surface area contributed by atoms with E-state index in [0.717, 1.165) is 23.1 Å². The van der Waals surface area contributed by atoms with Gasteiger partial charge in [-0.25, -0.2) is 0 Å². The van der Waals surface area contributed by atoms with Crippen LogP contribution in [-0.4, -0.2) is 11.9 Å². The minimum atomic E-state index is 0.728. The zero-order chi connectivity index (χ0) is 13.8. The van der Waals surface area contributed by atoms with Crippen molar-refractivity contribution in [2.75, 3.05) is 7.05 Å². The first-order valence-corrected chi connectivity index (χ1v) is 7.67. The number of hydrogen-bond acceptors (Lipinski definition) is 3. The van der Waals surface area contributed by atoms with Crippen LogP contribution in [0.3, 0.4) is 0 Å². The molecular weight excluding hydrogens is 320 g/mol. The van der Waals surface area contributed by atoms with Gasteiger partial charge in [0.2, 0.25) is 0 Å². The van der Waals surface area contributed by atoms with Gasteiger partial charge in [0.05, 0.1) is 11.6 Å². The van der Waals surface area contributed by atoms with Crippen molar-refractivity contribution >= 4 is 27.3 Å². The van der Waals surface area contributed by atoms with Gasteiger partial charge >= 0.3 is 0 Å². The fourth-order valence-corrected chi connectivity index (χ4v) is 3.52. The molecule has 19 heavy (non-hydrogen) atoms. The topological polar surface area (TPSA) is 27.0 Å². The Morgan fingerprint density at radius 3 is 2.68 bits per heavy atom. The molecule has 0 unspecified atom stereocenters. The number of halogens is 1. The molecule has 0 aliphatic carbocycles. The summed E-state index contributed by atoms with van der Waals surface area (Å²) in [5.74, 6) is 0. The average Bonchev–Trinajstić information content (AvgIpc) is 2.77. The average molecular weight is 335 g/mol. The molecular formula is C15H15BrN2S. The lowest BCUT2D eigenvalue weighted by Gasteiger charge is -2.17. The lowest BCUT2D eigenvalue weighted by atomic mass is 10.1. The van der Waals surface area contributed by atoms with Crippen LogP contribution in [0.5, 0.6) is 0 Å². The SMILES string of the molecule is Cc1cc(C#N)ccc1CN(C)Cc1cc(Br)cs1. The number of benzene rings is 1. The Bertz CT molecular complexity index is 613. The van der Waals surface area contributed by atoms with E-state index >= 15 is 0 Å². The van der Waals surface area contributed by atoms with E-state index in [4.69, 9.17) is 5.26 Å². The second kappa shape index (κ2) is 6.33. The Balaban J connectivity index is 2.03. The highest BCUT2D eigenvalue weighted by molar-refractivity contribution is 9.10. The maximum Gasteiger partial charge on any atom is 0.0991 e. The summed E-state index contributed by atoms with van der Waals surface area (Å²) in [6.07, 6.45) is 0. The Hall–Kier alpha value is -1.15. The molecule has 2 aromatic rings. The molecule has 0 radical (unpaired) electrons. The molecule has 0 saturated heterocycles. The second-order valence-electron chi connectivity index (χ2n) is 4.66. The summed E-state index contributed by atoms with van der Waals surface area (Å²) >= 11 is 5.24. The predicted octanol–water partition coefficient (Wildman–Crippen LogP) is 4.32. The van der Waals surface area contributed by atoms with Gasteiger partial charge in [-0.05, 0) is 59.2 Å². The van der Waals surface area contributed by atoms with Crippen molar-refractivity contribution in [1.82, 2.24) is 4.90 Å². The number of hydrogen-bond donors (Lipinski definition) is 0. The van der Waals surface area contributed by atoms with Crippen LogP contribution in [0, 0.1) is 18.3 Å². The van der Waals surface area contributed by atoms with E-state index in [1.54, 1.807) is 11.3 Å². The first-order valence-electron chi connectivity index (χ1n) is 5.99. The minimum Gasteiger partial charge on any atom is -0.297 e. The zero-order valence-electron chi connectivity index (χ0n) is 11.0. The van der Waals surface area contributed by atoms with Crippen LogP contribution in [0.15, 0.2) is 34.1 Å². The summed E-state index contributed by atoms with van der Waals surface area (Å²) in [6.45, 7) is 3.90. The molecule has 1 aromatic heterocycles. The van der Waals surface area contributed by atoms with Crippen LogP contribution in [0.1, 0.15) is 21.6 Å². The van der Waals surface area contributed by atoms with E-state index in [1.165, 1.54) is 16.0 Å². The fraction of sp³-hybridized carbons (Fsp3) is 0.267. The van der Waals surface area contributed by atoms with E-state index in [9.17, 15) is 0 Å². The van der Waals surface area contributed by atoms with E-state index < -0.39 is 0 Å². The summed E-state index contributed by atoms with van der Waals surface area (Å²) in [7, 11) is 2.12. The third kappa shape index (κ3) is 3.90. The van der Waals surface area contributed by atoms with Crippen molar-refractivity contribution in [3.63, 3.8) is 0 Å². The highest BCUT2D eigenvalue weighted by atomic mass is 79.9. The highest BCUT2D eigenvalue weighted by Crippen LogP contribution is 2.21. The van der Waals surface area contributed by atoms with Crippen LogP contribution in [-0.2, 0) is 13.1 Å². The Labute approximate surface area is 126 Å². The fourth-order valence-electron chi connectivity index (χ4n) is 1.99. The van der Waals surface area contributed by atoms with Gasteiger partial charge in [-0.1, -0.05) is 6.07 Å².